The van der Waals surface area contributed by atoms with E-state index in [0.717, 1.165) is 41.8 Å². The molecule has 1 saturated carbocycles. The van der Waals surface area contributed by atoms with Gasteiger partial charge in [0.15, 0.2) is 9.79 Å². The number of hydrogen-bond acceptors (Lipinski definition) is 4. The minimum absolute atomic E-state index is 0.0420. The molecule has 1 atom stereocenters. The Morgan fingerprint density at radius 1 is 1.10 bits per heavy atom. The Kier molecular flexibility index (Phi) is 7.01. The second-order valence-electron chi connectivity index (χ2n) is 7.50. The van der Waals surface area contributed by atoms with Gasteiger partial charge in [-0.2, -0.15) is 0 Å². The Bertz CT molecular complexity index is 831. The van der Waals surface area contributed by atoms with Crippen LogP contribution in [-0.4, -0.2) is 37.8 Å². The summed E-state index contributed by atoms with van der Waals surface area (Å²) in [7, 11) is 5.23. The molecule has 5 nitrogen and oxygen atoms in total. The topological polar surface area (TPSA) is 61.8 Å². The Morgan fingerprint density at radius 2 is 1.76 bits per heavy atom. The maximum atomic E-state index is 13.2. The molecule has 29 heavy (non-hydrogen) atoms. The van der Waals surface area contributed by atoms with Crippen LogP contribution in [0, 0.1) is 0 Å². The first-order chi connectivity index (χ1) is 13.9. The molecule has 0 aliphatic heterocycles. The highest BCUT2D eigenvalue weighted by molar-refractivity contribution is 7.91. The number of methoxy groups -OCH3 is 2. The van der Waals surface area contributed by atoms with Crippen LogP contribution < -0.4 is 4.90 Å². The third-order valence-corrected chi connectivity index (χ3v) is 7.33. The van der Waals surface area contributed by atoms with E-state index in [0.29, 0.717) is 4.90 Å². The molecule has 2 aromatic carbocycles. The van der Waals surface area contributed by atoms with Crippen molar-refractivity contribution in [1.82, 2.24) is 0 Å². The second-order valence-corrected chi connectivity index (χ2v) is 8.98. The molecule has 3 rings (SSSR count). The first kappa shape index (κ1) is 21.8. The van der Waals surface area contributed by atoms with Gasteiger partial charge in [0.25, 0.3) is 0 Å². The molecule has 1 aliphatic carbocycles. The third-order valence-electron chi connectivity index (χ3n) is 5.95. The Morgan fingerprint density at radius 3 is 2.31 bits per heavy atom. The zero-order valence-electron chi connectivity index (χ0n) is 17.5. The summed E-state index contributed by atoms with van der Waals surface area (Å²) in [6.07, 6.45) is 3.93. The van der Waals surface area contributed by atoms with Gasteiger partial charge in [0.1, 0.15) is 0 Å². The summed E-state index contributed by atoms with van der Waals surface area (Å²) in [6.45, 7) is 1.52. The molecule has 6 heteroatoms. The summed E-state index contributed by atoms with van der Waals surface area (Å²) in [5, 5.41) is 0. The van der Waals surface area contributed by atoms with Crippen LogP contribution in [0.25, 0.3) is 0 Å². The molecule has 0 spiro atoms. The zero-order chi connectivity index (χ0) is 21.0. The number of nitrogens with zero attached hydrogens (tertiary/aromatic N) is 1. The van der Waals surface area contributed by atoms with E-state index in [2.05, 4.69) is 6.07 Å². The highest BCUT2D eigenvalue weighted by Crippen LogP contribution is 2.41. The Balaban J connectivity index is 1.82. The quantitative estimate of drug-likeness (QED) is 0.661. The maximum Gasteiger partial charge on any atom is 0.223 e. The average Bonchev–Trinajstić information content (AvgIpc) is 2.78. The van der Waals surface area contributed by atoms with E-state index in [1.807, 2.05) is 42.5 Å². The van der Waals surface area contributed by atoms with Crippen molar-refractivity contribution in [3.8, 4) is 0 Å². The van der Waals surface area contributed by atoms with Crippen molar-refractivity contribution >= 4 is 22.8 Å². The summed E-state index contributed by atoms with van der Waals surface area (Å²) in [5.74, 6) is -0.0420. The number of ether oxygens (including phenoxy) is 2. The minimum atomic E-state index is -1.31. The fraction of sp³-hybridized carbons (Fsp3) is 0.435. The van der Waals surface area contributed by atoms with Crippen LogP contribution in [0.1, 0.15) is 38.2 Å². The minimum Gasteiger partial charge on any atom is -0.606 e. The second kappa shape index (κ2) is 9.30. The third kappa shape index (κ3) is 4.67. The number of carbonyl (C=O) groups is 1. The monoisotopic (exact) mass is 415 g/mol. The lowest BCUT2D eigenvalue weighted by Gasteiger charge is -2.39. The van der Waals surface area contributed by atoms with Gasteiger partial charge in [-0.3, -0.25) is 4.79 Å². The van der Waals surface area contributed by atoms with E-state index in [4.69, 9.17) is 9.47 Å². The summed E-state index contributed by atoms with van der Waals surface area (Å²) in [4.78, 5) is 14.5. The van der Waals surface area contributed by atoms with Crippen LogP contribution in [0.2, 0.25) is 0 Å². The van der Waals surface area contributed by atoms with Crippen molar-refractivity contribution in [2.75, 3.05) is 26.2 Å². The molecule has 0 saturated heterocycles. The van der Waals surface area contributed by atoms with Crippen molar-refractivity contribution in [3.63, 3.8) is 0 Å². The molecule has 1 fully saturated rings. The van der Waals surface area contributed by atoms with Gasteiger partial charge in [0, 0.05) is 45.1 Å². The van der Waals surface area contributed by atoms with Crippen molar-refractivity contribution in [2.45, 2.75) is 54.1 Å². The lowest BCUT2D eigenvalue weighted by Crippen LogP contribution is -2.36. The molecule has 1 unspecified atom stereocenters. The average molecular weight is 416 g/mol. The van der Waals surface area contributed by atoms with Crippen LogP contribution in [-0.2, 0) is 31.0 Å². The van der Waals surface area contributed by atoms with Crippen molar-refractivity contribution < 1.29 is 18.8 Å². The summed E-state index contributed by atoms with van der Waals surface area (Å²) >= 11 is -1.31. The number of rotatable bonds is 6. The first-order valence-corrected chi connectivity index (χ1v) is 11.0. The number of hydrogen-bond donors (Lipinski definition) is 0. The lowest BCUT2D eigenvalue weighted by atomic mass is 9.78. The molecule has 0 aromatic heterocycles. The van der Waals surface area contributed by atoms with Crippen molar-refractivity contribution in [3.05, 3.63) is 54.1 Å². The van der Waals surface area contributed by atoms with Gasteiger partial charge in [-0.25, -0.2) is 0 Å². The predicted octanol–water partition coefficient (Wildman–Crippen LogP) is 4.27. The smallest absolute Gasteiger partial charge is 0.223 e. The first-order valence-electron chi connectivity index (χ1n) is 9.85. The SMILES string of the molecule is CO[C@H]1CC[C@@](OC)(c2cccc([S+]([O-])c3ccc(N(C)C(C)=O)cc3)c2)CC1. The Labute approximate surface area is 176 Å². The van der Waals surface area contributed by atoms with E-state index >= 15 is 0 Å². The van der Waals surface area contributed by atoms with Gasteiger partial charge in [0.2, 0.25) is 5.91 Å². The zero-order valence-corrected chi connectivity index (χ0v) is 18.3. The fourth-order valence-corrected chi connectivity index (χ4v) is 5.00. The van der Waals surface area contributed by atoms with Crippen LogP contribution in [0.5, 0.6) is 0 Å². The van der Waals surface area contributed by atoms with E-state index in [9.17, 15) is 9.35 Å². The number of anilines is 1. The molecular formula is C23H29NO4S. The van der Waals surface area contributed by atoms with Gasteiger partial charge >= 0.3 is 0 Å². The van der Waals surface area contributed by atoms with Crippen molar-refractivity contribution in [1.29, 1.82) is 0 Å². The van der Waals surface area contributed by atoms with Crippen LogP contribution >= 0.6 is 0 Å². The van der Waals surface area contributed by atoms with Gasteiger partial charge in [-0.05, 0) is 67.6 Å². The predicted molar refractivity (Wildman–Crippen MR) is 115 cm³/mol. The molecule has 0 N–H and O–H groups in total. The van der Waals surface area contributed by atoms with Gasteiger partial charge in [-0.15, -0.1) is 0 Å². The molecule has 1 amide bonds. The highest BCUT2D eigenvalue weighted by Gasteiger charge is 2.37. The highest BCUT2D eigenvalue weighted by atomic mass is 32.2. The van der Waals surface area contributed by atoms with Crippen molar-refractivity contribution in [2.24, 2.45) is 0 Å². The molecule has 0 bridgehead atoms. The molecule has 0 radical (unpaired) electrons. The normalized spacial score (nSPS) is 22.9. The molecule has 156 valence electrons. The summed E-state index contributed by atoms with van der Waals surface area (Å²) in [5.41, 5.74) is 1.48. The van der Waals surface area contributed by atoms with Crippen LogP contribution in [0.4, 0.5) is 5.69 Å². The fourth-order valence-electron chi connectivity index (χ4n) is 3.91. The van der Waals surface area contributed by atoms with Gasteiger partial charge in [0.05, 0.1) is 11.7 Å². The van der Waals surface area contributed by atoms with E-state index in [-0.39, 0.29) is 17.6 Å². The van der Waals surface area contributed by atoms with Gasteiger partial charge < -0.3 is 18.9 Å². The van der Waals surface area contributed by atoms with E-state index < -0.39 is 11.2 Å². The lowest BCUT2D eigenvalue weighted by molar-refractivity contribution is -0.116. The summed E-state index contributed by atoms with van der Waals surface area (Å²) < 4.78 is 24.6. The summed E-state index contributed by atoms with van der Waals surface area (Å²) in [6, 6.07) is 15.2. The maximum absolute atomic E-state index is 13.2. The number of carbonyl (C=O) groups excluding carboxylic acids is 1. The number of amides is 1. The Hall–Kier alpha value is -1.86. The molecule has 0 heterocycles. The van der Waals surface area contributed by atoms with Crippen LogP contribution in [0.15, 0.2) is 58.3 Å². The molecule has 1 aliphatic rings. The molecular weight excluding hydrogens is 386 g/mol. The van der Waals surface area contributed by atoms with Crippen LogP contribution in [0.3, 0.4) is 0 Å². The van der Waals surface area contributed by atoms with Gasteiger partial charge in [-0.1, -0.05) is 12.1 Å². The number of benzene rings is 2. The van der Waals surface area contributed by atoms with E-state index in [1.165, 1.54) is 6.92 Å². The standard InChI is InChI=1S/C23H29NO4S/c1-17(25)24(2)19-8-10-21(11-9-19)29(26)22-7-5-6-18(16-22)23(28-4)14-12-20(27-3)13-15-23/h5-11,16,20H,12-15H2,1-4H3/t20-,23-,29?. The van der Waals surface area contributed by atoms with E-state index in [1.54, 1.807) is 26.2 Å². The largest absolute Gasteiger partial charge is 0.606 e. The molecule has 2 aromatic rings.